The zero-order valence-corrected chi connectivity index (χ0v) is 11.2. The van der Waals surface area contributed by atoms with Gasteiger partial charge in [0.05, 0.1) is 23.5 Å². The maximum Gasteiger partial charge on any atom is 0.335 e. The van der Waals surface area contributed by atoms with Gasteiger partial charge in [-0.25, -0.2) is 9.18 Å². The van der Waals surface area contributed by atoms with Crippen LogP contribution in [0.15, 0.2) is 36.5 Å². The summed E-state index contributed by atoms with van der Waals surface area (Å²) in [7, 11) is 0. The molecule has 2 aromatic rings. The summed E-state index contributed by atoms with van der Waals surface area (Å²) in [6, 6.07) is 7.75. The van der Waals surface area contributed by atoms with Crippen molar-refractivity contribution < 1.29 is 14.3 Å². The van der Waals surface area contributed by atoms with E-state index in [1.165, 1.54) is 12.3 Å². The number of carbonyl (C=O) groups is 1. The Morgan fingerprint density at radius 1 is 1.35 bits per heavy atom. The van der Waals surface area contributed by atoms with E-state index in [1.807, 2.05) is 13.8 Å². The van der Waals surface area contributed by atoms with E-state index in [2.05, 4.69) is 10.3 Å². The third-order valence-corrected chi connectivity index (χ3v) is 3.04. The summed E-state index contributed by atoms with van der Waals surface area (Å²) in [5, 5.41) is 12.2. The average Bonchev–Trinajstić information content (AvgIpc) is 2.41. The number of aryl methyl sites for hydroxylation is 1. The number of nitrogens with one attached hydrogen (secondary N) is 1. The van der Waals surface area contributed by atoms with Crippen molar-refractivity contribution in [3.8, 4) is 0 Å². The first kappa shape index (κ1) is 14.0. The molecule has 0 amide bonds. The number of rotatable bonds is 4. The molecule has 1 unspecified atom stereocenters. The standard InChI is InChI=1S/C15H15FN2O2/c1-9-7-11(15(19)20)3-5-13(9)18-10(2)14-6-4-12(16)8-17-14/h3-8,10,18H,1-2H3,(H,19,20). The Morgan fingerprint density at radius 2 is 2.10 bits per heavy atom. The van der Waals surface area contributed by atoms with Gasteiger partial charge in [0.1, 0.15) is 5.82 Å². The van der Waals surface area contributed by atoms with Gasteiger partial charge in [-0.1, -0.05) is 0 Å². The molecular weight excluding hydrogens is 259 g/mol. The molecule has 20 heavy (non-hydrogen) atoms. The van der Waals surface area contributed by atoms with Crippen LogP contribution in [0.1, 0.15) is 34.6 Å². The maximum atomic E-state index is 12.8. The van der Waals surface area contributed by atoms with E-state index in [0.717, 1.165) is 11.3 Å². The lowest BCUT2D eigenvalue weighted by atomic mass is 10.1. The van der Waals surface area contributed by atoms with Crippen LogP contribution < -0.4 is 5.32 Å². The second kappa shape index (κ2) is 5.69. The number of aromatic nitrogens is 1. The lowest BCUT2D eigenvalue weighted by Gasteiger charge is -2.17. The molecule has 0 radical (unpaired) electrons. The molecule has 2 N–H and O–H groups in total. The minimum absolute atomic E-state index is 0.107. The van der Waals surface area contributed by atoms with Gasteiger partial charge >= 0.3 is 5.97 Å². The minimum Gasteiger partial charge on any atom is -0.478 e. The molecule has 0 saturated heterocycles. The summed E-state index contributed by atoms with van der Waals surface area (Å²) in [6.45, 7) is 3.74. The highest BCUT2D eigenvalue weighted by Crippen LogP contribution is 2.22. The van der Waals surface area contributed by atoms with E-state index >= 15 is 0 Å². The largest absolute Gasteiger partial charge is 0.478 e. The zero-order chi connectivity index (χ0) is 14.7. The van der Waals surface area contributed by atoms with E-state index in [0.29, 0.717) is 5.69 Å². The van der Waals surface area contributed by atoms with Crippen LogP contribution in [0.5, 0.6) is 0 Å². The monoisotopic (exact) mass is 274 g/mol. The number of hydrogen-bond donors (Lipinski definition) is 2. The molecule has 0 fully saturated rings. The second-order valence-corrected chi connectivity index (χ2v) is 4.60. The van der Waals surface area contributed by atoms with Gasteiger partial charge < -0.3 is 10.4 Å². The number of pyridine rings is 1. The SMILES string of the molecule is Cc1cc(C(=O)O)ccc1NC(C)c1ccc(F)cn1. The van der Waals surface area contributed by atoms with Crippen molar-refractivity contribution in [1.82, 2.24) is 4.98 Å². The van der Waals surface area contributed by atoms with Gasteiger partial charge in [0.15, 0.2) is 0 Å². The molecular formula is C15H15FN2O2. The van der Waals surface area contributed by atoms with Crippen molar-refractivity contribution in [3.05, 3.63) is 59.2 Å². The summed E-state index contributed by atoms with van der Waals surface area (Å²) in [4.78, 5) is 14.9. The van der Waals surface area contributed by atoms with Gasteiger partial charge in [0, 0.05) is 5.69 Å². The van der Waals surface area contributed by atoms with E-state index in [4.69, 9.17) is 5.11 Å². The highest BCUT2D eigenvalue weighted by molar-refractivity contribution is 5.88. The topological polar surface area (TPSA) is 62.2 Å². The predicted octanol–water partition coefficient (Wildman–Crippen LogP) is 3.40. The summed E-state index contributed by atoms with van der Waals surface area (Å²) >= 11 is 0. The van der Waals surface area contributed by atoms with Gasteiger partial charge in [0.2, 0.25) is 0 Å². The molecule has 1 atom stereocenters. The van der Waals surface area contributed by atoms with Crippen molar-refractivity contribution in [2.45, 2.75) is 19.9 Å². The third kappa shape index (κ3) is 3.12. The number of aromatic carboxylic acids is 1. The summed E-state index contributed by atoms with van der Waals surface area (Å²) < 4.78 is 12.8. The Kier molecular flexibility index (Phi) is 3.98. The van der Waals surface area contributed by atoms with Crippen molar-refractivity contribution in [1.29, 1.82) is 0 Å². The first-order valence-electron chi connectivity index (χ1n) is 6.19. The third-order valence-electron chi connectivity index (χ3n) is 3.04. The summed E-state index contributed by atoms with van der Waals surface area (Å²) in [5.74, 6) is -1.32. The number of carboxylic acids is 1. The fraction of sp³-hybridized carbons (Fsp3) is 0.200. The number of anilines is 1. The van der Waals surface area contributed by atoms with E-state index in [9.17, 15) is 9.18 Å². The van der Waals surface area contributed by atoms with Crippen LogP contribution in [0.25, 0.3) is 0 Å². The molecule has 0 bridgehead atoms. The number of carboxylic acid groups (broad SMARTS) is 1. The molecule has 1 aromatic carbocycles. The second-order valence-electron chi connectivity index (χ2n) is 4.60. The van der Waals surface area contributed by atoms with Crippen LogP contribution in [-0.2, 0) is 0 Å². The number of hydrogen-bond acceptors (Lipinski definition) is 3. The summed E-state index contributed by atoms with van der Waals surface area (Å²) in [5.41, 5.74) is 2.63. The number of benzene rings is 1. The highest BCUT2D eigenvalue weighted by atomic mass is 19.1. The first-order valence-corrected chi connectivity index (χ1v) is 6.19. The van der Waals surface area contributed by atoms with E-state index in [1.54, 1.807) is 24.3 Å². The molecule has 0 spiro atoms. The quantitative estimate of drug-likeness (QED) is 0.897. The lowest BCUT2D eigenvalue weighted by molar-refractivity contribution is 0.0697. The Morgan fingerprint density at radius 3 is 2.65 bits per heavy atom. The van der Waals surface area contributed by atoms with Crippen LogP contribution in [-0.4, -0.2) is 16.1 Å². The average molecular weight is 274 g/mol. The first-order chi connectivity index (χ1) is 9.47. The molecule has 5 heteroatoms. The van der Waals surface area contributed by atoms with Crippen LogP contribution in [0.4, 0.5) is 10.1 Å². The zero-order valence-electron chi connectivity index (χ0n) is 11.2. The number of halogens is 1. The molecule has 2 rings (SSSR count). The lowest BCUT2D eigenvalue weighted by Crippen LogP contribution is -2.10. The van der Waals surface area contributed by atoms with Gasteiger partial charge in [0.25, 0.3) is 0 Å². The van der Waals surface area contributed by atoms with Crippen molar-refractivity contribution in [3.63, 3.8) is 0 Å². The Bertz CT molecular complexity index is 626. The van der Waals surface area contributed by atoms with E-state index in [-0.39, 0.29) is 17.4 Å². The predicted molar refractivity (Wildman–Crippen MR) is 74.4 cm³/mol. The minimum atomic E-state index is -0.951. The van der Waals surface area contributed by atoms with Crippen LogP contribution in [0.2, 0.25) is 0 Å². The molecule has 0 aliphatic carbocycles. The smallest absolute Gasteiger partial charge is 0.335 e. The molecule has 0 aliphatic rings. The fourth-order valence-corrected chi connectivity index (χ4v) is 1.91. The van der Waals surface area contributed by atoms with E-state index < -0.39 is 5.97 Å². The molecule has 0 aliphatic heterocycles. The maximum absolute atomic E-state index is 12.8. The van der Waals surface area contributed by atoms with Gasteiger partial charge in [-0.05, 0) is 49.7 Å². The van der Waals surface area contributed by atoms with Gasteiger partial charge in [-0.3, -0.25) is 4.98 Å². The molecule has 104 valence electrons. The van der Waals surface area contributed by atoms with Crippen LogP contribution in [0, 0.1) is 12.7 Å². The molecule has 0 saturated carbocycles. The van der Waals surface area contributed by atoms with Crippen molar-refractivity contribution in [2.75, 3.05) is 5.32 Å². The summed E-state index contributed by atoms with van der Waals surface area (Å²) in [6.07, 6.45) is 1.17. The fourth-order valence-electron chi connectivity index (χ4n) is 1.91. The highest BCUT2D eigenvalue weighted by Gasteiger charge is 2.10. The Labute approximate surface area is 116 Å². The molecule has 1 aromatic heterocycles. The Balaban J connectivity index is 2.17. The Hall–Kier alpha value is -2.43. The van der Waals surface area contributed by atoms with Gasteiger partial charge in [-0.2, -0.15) is 0 Å². The van der Waals surface area contributed by atoms with Gasteiger partial charge in [-0.15, -0.1) is 0 Å². The molecule has 4 nitrogen and oxygen atoms in total. The number of nitrogens with zero attached hydrogens (tertiary/aromatic N) is 1. The van der Waals surface area contributed by atoms with Crippen LogP contribution in [0.3, 0.4) is 0 Å². The normalized spacial score (nSPS) is 11.9. The van der Waals surface area contributed by atoms with Crippen molar-refractivity contribution in [2.24, 2.45) is 0 Å². The molecule has 1 heterocycles. The van der Waals surface area contributed by atoms with Crippen molar-refractivity contribution >= 4 is 11.7 Å². The van der Waals surface area contributed by atoms with Crippen LogP contribution >= 0.6 is 0 Å².